The van der Waals surface area contributed by atoms with Gasteiger partial charge in [0.05, 0.1) is 0 Å². The van der Waals surface area contributed by atoms with Gasteiger partial charge in [0.25, 0.3) is 0 Å². The lowest BCUT2D eigenvalue weighted by Gasteiger charge is -2.50. The van der Waals surface area contributed by atoms with Crippen molar-refractivity contribution in [2.75, 3.05) is 6.61 Å². The maximum atomic E-state index is 9.59. The number of fused-ring (bicyclic) bond motifs is 1. The van der Waals surface area contributed by atoms with Gasteiger partial charge >= 0.3 is 0 Å². The summed E-state index contributed by atoms with van der Waals surface area (Å²) in [5, 5.41) is 9.59. The first kappa shape index (κ1) is 12.2. The largest absolute Gasteiger partial charge is 0.396 e. The van der Waals surface area contributed by atoms with Gasteiger partial charge < -0.3 is 5.11 Å². The van der Waals surface area contributed by atoms with Crippen LogP contribution in [-0.4, -0.2) is 11.7 Å². The van der Waals surface area contributed by atoms with Crippen LogP contribution in [0.5, 0.6) is 0 Å². The fourth-order valence-corrected chi connectivity index (χ4v) is 4.14. The second-order valence-corrected chi connectivity index (χ2v) is 6.74. The number of allylic oxidation sites excluding steroid dienone is 2. The second-order valence-electron chi connectivity index (χ2n) is 6.74. The lowest BCUT2D eigenvalue weighted by molar-refractivity contribution is 0.00836. The summed E-state index contributed by atoms with van der Waals surface area (Å²) < 4.78 is 0. The van der Waals surface area contributed by atoms with E-state index >= 15 is 0 Å². The molecule has 1 heteroatoms. The van der Waals surface area contributed by atoms with Crippen molar-refractivity contribution in [3.8, 4) is 0 Å². The van der Waals surface area contributed by atoms with Crippen molar-refractivity contribution in [1.82, 2.24) is 0 Å². The molecular formula is C15H26O. The van der Waals surface area contributed by atoms with Gasteiger partial charge in [0.15, 0.2) is 0 Å². The molecule has 0 amide bonds. The SMILES string of the molecule is C[C@@H]1CC=C2C[C@H](CO)C(C)(C)[C@@]2(C)[C@@H]1C. The molecule has 2 rings (SSSR count). The molecule has 2 aliphatic carbocycles. The third-order valence-corrected chi connectivity index (χ3v) is 6.21. The van der Waals surface area contributed by atoms with Gasteiger partial charge in [-0.1, -0.05) is 46.3 Å². The number of aliphatic hydroxyl groups excluding tert-OH is 1. The van der Waals surface area contributed by atoms with Crippen LogP contribution in [0, 0.1) is 28.6 Å². The van der Waals surface area contributed by atoms with Crippen LogP contribution in [0.3, 0.4) is 0 Å². The highest BCUT2D eigenvalue weighted by molar-refractivity contribution is 5.29. The number of hydrogen-bond acceptors (Lipinski definition) is 1. The molecule has 0 aromatic rings. The molecule has 0 heterocycles. The highest BCUT2D eigenvalue weighted by Gasteiger charge is 2.58. The predicted molar refractivity (Wildman–Crippen MR) is 68.1 cm³/mol. The molecule has 0 aromatic heterocycles. The Morgan fingerprint density at radius 3 is 2.50 bits per heavy atom. The first-order chi connectivity index (χ1) is 7.35. The van der Waals surface area contributed by atoms with Gasteiger partial charge in [0, 0.05) is 6.61 Å². The van der Waals surface area contributed by atoms with Gasteiger partial charge in [0.1, 0.15) is 0 Å². The maximum Gasteiger partial charge on any atom is 0.0467 e. The molecule has 16 heavy (non-hydrogen) atoms. The van der Waals surface area contributed by atoms with Crippen molar-refractivity contribution in [3.05, 3.63) is 11.6 Å². The molecule has 92 valence electrons. The van der Waals surface area contributed by atoms with Crippen molar-refractivity contribution in [3.63, 3.8) is 0 Å². The normalized spacial score (nSPS) is 46.4. The van der Waals surface area contributed by atoms with Crippen molar-refractivity contribution in [1.29, 1.82) is 0 Å². The van der Waals surface area contributed by atoms with Gasteiger partial charge in [-0.2, -0.15) is 0 Å². The Kier molecular flexibility index (Phi) is 2.73. The van der Waals surface area contributed by atoms with Crippen molar-refractivity contribution < 1.29 is 5.11 Å². The molecule has 1 N–H and O–H groups in total. The number of rotatable bonds is 1. The molecule has 0 bridgehead atoms. The molecule has 1 fully saturated rings. The van der Waals surface area contributed by atoms with Crippen molar-refractivity contribution >= 4 is 0 Å². The van der Waals surface area contributed by atoms with E-state index in [-0.39, 0.29) is 10.8 Å². The average Bonchev–Trinajstić information content (AvgIpc) is 2.43. The van der Waals surface area contributed by atoms with Gasteiger partial charge in [0.2, 0.25) is 0 Å². The van der Waals surface area contributed by atoms with E-state index in [0.29, 0.717) is 12.5 Å². The fourth-order valence-electron chi connectivity index (χ4n) is 4.14. The van der Waals surface area contributed by atoms with Gasteiger partial charge in [-0.25, -0.2) is 0 Å². The van der Waals surface area contributed by atoms with Crippen LogP contribution in [0.25, 0.3) is 0 Å². The summed E-state index contributed by atoms with van der Waals surface area (Å²) in [6.45, 7) is 12.2. The molecule has 1 saturated carbocycles. The van der Waals surface area contributed by atoms with Crippen LogP contribution in [0.15, 0.2) is 11.6 Å². The molecule has 0 unspecified atom stereocenters. The van der Waals surface area contributed by atoms with Gasteiger partial charge in [-0.15, -0.1) is 0 Å². The molecule has 0 saturated heterocycles. The highest BCUT2D eigenvalue weighted by Crippen LogP contribution is 2.65. The van der Waals surface area contributed by atoms with E-state index in [9.17, 15) is 5.11 Å². The summed E-state index contributed by atoms with van der Waals surface area (Å²) in [4.78, 5) is 0. The first-order valence-corrected chi connectivity index (χ1v) is 6.66. The van der Waals surface area contributed by atoms with Crippen molar-refractivity contribution in [2.45, 2.75) is 47.5 Å². The summed E-state index contributed by atoms with van der Waals surface area (Å²) in [5.74, 6) is 1.93. The molecule has 2 aliphatic rings. The summed E-state index contributed by atoms with van der Waals surface area (Å²) in [5.41, 5.74) is 2.13. The lowest BCUT2D eigenvalue weighted by Crippen LogP contribution is -2.44. The smallest absolute Gasteiger partial charge is 0.0467 e. The Balaban J connectivity index is 2.47. The van der Waals surface area contributed by atoms with Crippen LogP contribution < -0.4 is 0 Å². The first-order valence-electron chi connectivity index (χ1n) is 6.66. The quantitative estimate of drug-likeness (QED) is 0.672. The molecule has 4 atom stereocenters. The molecule has 1 nitrogen and oxygen atoms in total. The molecule has 0 radical (unpaired) electrons. The van der Waals surface area contributed by atoms with Gasteiger partial charge in [-0.05, 0) is 41.4 Å². The third kappa shape index (κ3) is 1.27. The van der Waals surface area contributed by atoms with Crippen LogP contribution in [0.4, 0.5) is 0 Å². The topological polar surface area (TPSA) is 20.2 Å². The van der Waals surface area contributed by atoms with E-state index in [0.717, 1.165) is 18.3 Å². The van der Waals surface area contributed by atoms with E-state index < -0.39 is 0 Å². The Hall–Kier alpha value is -0.300. The minimum atomic E-state index is 0.224. The minimum absolute atomic E-state index is 0.224. The van der Waals surface area contributed by atoms with E-state index in [4.69, 9.17) is 0 Å². The standard InChI is InChI=1S/C15H26O/c1-10-6-7-12-8-13(9-16)14(3,4)15(12,5)11(10)2/h7,10-11,13,16H,6,8-9H2,1-5H3/t10-,11-,13-,15+/m1/s1. The van der Waals surface area contributed by atoms with Gasteiger partial charge in [-0.3, -0.25) is 0 Å². The molecule has 0 aliphatic heterocycles. The zero-order chi connectivity index (χ0) is 12.1. The third-order valence-electron chi connectivity index (χ3n) is 6.21. The maximum absolute atomic E-state index is 9.59. The average molecular weight is 222 g/mol. The summed E-state index contributed by atoms with van der Waals surface area (Å²) in [6, 6.07) is 0. The molecule has 0 spiro atoms. The lowest BCUT2D eigenvalue weighted by atomic mass is 9.54. The highest BCUT2D eigenvalue weighted by atomic mass is 16.3. The Morgan fingerprint density at radius 1 is 1.31 bits per heavy atom. The number of aliphatic hydroxyl groups is 1. The molecule has 0 aromatic carbocycles. The van der Waals surface area contributed by atoms with Crippen molar-refractivity contribution in [2.24, 2.45) is 28.6 Å². The van der Waals surface area contributed by atoms with E-state index in [2.05, 4.69) is 40.7 Å². The summed E-state index contributed by atoms with van der Waals surface area (Å²) >= 11 is 0. The summed E-state index contributed by atoms with van der Waals surface area (Å²) in [7, 11) is 0. The molecular weight excluding hydrogens is 196 g/mol. The summed E-state index contributed by atoms with van der Waals surface area (Å²) in [6.07, 6.45) is 4.79. The zero-order valence-electron chi connectivity index (χ0n) is 11.4. The fraction of sp³-hybridized carbons (Fsp3) is 0.867. The van der Waals surface area contributed by atoms with E-state index in [1.165, 1.54) is 6.42 Å². The van der Waals surface area contributed by atoms with Crippen LogP contribution >= 0.6 is 0 Å². The number of hydrogen-bond donors (Lipinski definition) is 1. The Bertz CT molecular complexity index is 315. The monoisotopic (exact) mass is 222 g/mol. The van der Waals surface area contributed by atoms with Crippen LogP contribution in [0.1, 0.15) is 47.5 Å². The zero-order valence-corrected chi connectivity index (χ0v) is 11.4. The predicted octanol–water partition coefficient (Wildman–Crippen LogP) is 3.63. The van der Waals surface area contributed by atoms with Crippen LogP contribution in [0.2, 0.25) is 0 Å². The van der Waals surface area contributed by atoms with E-state index in [1.807, 2.05) is 0 Å². The second kappa shape index (κ2) is 3.60. The minimum Gasteiger partial charge on any atom is -0.396 e. The van der Waals surface area contributed by atoms with Crippen LogP contribution in [-0.2, 0) is 0 Å². The Morgan fingerprint density at radius 2 is 1.94 bits per heavy atom. The van der Waals surface area contributed by atoms with E-state index in [1.54, 1.807) is 5.57 Å². The Labute approximate surface area is 99.9 Å².